The number of anilines is 1. The maximum Gasteiger partial charge on any atom is 0.0465 e. The minimum absolute atomic E-state index is 0.669. The summed E-state index contributed by atoms with van der Waals surface area (Å²) in [7, 11) is 0. The second kappa shape index (κ2) is 12.2. The van der Waals surface area contributed by atoms with Crippen LogP contribution in [0.15, 0.2) is 147 Å². The smallest absolute Gasteiger partial charge is 0.0465 e. The first kappa shape index (κ1) is 27.2. The molecule has 0 aliphatic carbocycles. The Bertz CT molecular complexity index is 1790. The summed E-state index contributed by atoms with van der Waals surface area (Å²) in [4.78, 5) is 7.84. The van der Waals surface area contributed by atoms with E-state index in [0.29, 0.717) is 5.69 Å². The van der Waals surface area contributed by atoms with Gasteiger partial charge in [-0.15, -0.1) is 0 Å². The number of aromatic amines is 1. The summed E-state index contributed by atoms with van der Waals surface area (Å²) < 4.78 is 0. The van der Waals surface area contributed by atoms with Gasteiger partial charge >= 0.3 is 0 Å². The first-order valence-electron chi connectivity index (χ1n) is 13.6. The van der Waals surface area contributed by atoms with Gasteiger partial charge in [0.15, 0.2) is 0 Å². The van der Waals surface area contributed by atoms with E-state index in [4.69, 9.17) is 5.73 Å². The zero-order valence-electron chi connectivity index (χ0n) is 23.3. The van der Waals surface area contributed by atoms with Crippen LogP contribution in [-0.2, 0) is 6.42 Å². The molecule has 2 aromatic heterocycles. The van der Waals surface area contributed by atoms with Crippen LogP contribution in [0.3, 0.4) is 0 Å². The van der Waals surface area contributed by atoms with Crippen molar-refractivity contribution in [2.24, 2.45) is 0 Å². The number of hydrogen-bond donors (Lipinski definition) is 3. The Morgan fingerprint density at radius 1 is 0.976 bits per heavy atom. The lowest BCUT2D eigenvalue weighted by atomic mass is 9.95. The number of H-pyrrole nitrogens is 1. The van der Waals surface area contributed by atoms with Gasteiger partial charge in [-0.1, -0.05) is 80.4 Å². The second-order valence-corrected chi connectivity index (χ2v) is 9.91. The van der Waals surface area contributed by atoms with Crippen LogP contribution in [-0.4, -0.2) is 9.97 Å². The van der Waals surface area contributed by atoms with Gasteiger partial charge in [-0.05, 0) is 71.7 Å². The third kappa shape index (κ3) is 6.13. The Kier molecular flexibility index (Phi) is 8.12. The van der Waals surface area contributed by atoms with Crippen molar-refractivity contribution in [1.29, 1.82) is 0 Å². The molecule has 4 nitrogen and oxygen atoms in total. The molecule has 4 heteroatoms. The van der Waals surface area contributed by atoms with Crippen molar-refractivity contribution in [2.45, 2.75) is 13.3 Å². The van der Waals surface area contributed by atoms with Crippen molar-refractivity contribution < 1.29 is 0 Å². The van der Waals surface area contributed by atoms with Gasteiger partial charge in [-0.2, -0.15) is 0 Å². The Hall–Kier alpha value is -5.35. The molecule has 0 atom stereocenters. The zero-order valence-corrected chi connectivity index (χ0v) is 23.3. The maximum absolute atomic E-state index is 6.49. The summed E-state index contributed by atoms with van der Waals surface area (Å²) in [5.41, 5.74) is 18.0. The van der Waals surface area contributed by atoms with Crippen molar-refractivity contribution in [2.75, 3.05) is 5.73 Å². The number of benzene rings is 3. The molecule has 0 unspecified atom stereocenters. The highest BCUT2D eigenvalue weighted by Crippen LogP contribution is 2.34. The van der Waals surface area contributed by atoms with E-state index < -0.39 is 0 Å². The standard InChI is InChI=1S/C37H34N4/c1-5-28(21-31(6-2)40-25(3)20-27-12-8-7-9-13-27)29-17-18-35(38)33(22-29)26(4)37-23-34-32(15-10-16-36(34)41-37)30-14-11-19-39-24-30/h5-19,21-24,40-41H,2-4,20,38H2,1H3/b28-5+,31-21+. The van der Waals surface area contributed by atoms with Crippen LogP contribution in [0, 0.1) is 0 Å². The lowest BCUT2D eigenvalue weighted by Gasteiger charge is -2.14. The number of nitrogens with two attached hydrogens (primary N) is 1. The predicted octanol–water partition coefficient (Wildman–Crippen LogP) is 8.69. The minimum atomic E-state index is 0.669. The highest BCUT2D eigenvalue weighted by atomic mass is 14.9. The van der Waals surface area contributed by atoms with E-state index in [1.54, 1.807) is 12.3 Å². The van der Waals surface area contributed by atoms with E-state index in [2.05, 4.69) is 89.6 Å². The number of allylic oxidation sites excluding steroid dienone is 5. The molecule has 0 saturated heterocycles. The van der Waals surface area contributed by atoms with Gasteiger partial charge in [0.25, 0.3) is 0 Å². The molecule has 0 fully saturated rings. The Morgan fingerprint density at radius 2 is 1.80 bits per heavy atom. The number of hydrogen-bond acceptors (Lipinski definition) is 3. The fourth-order valence-corrected chi connectivity index (χ4v) is 4.97. The molecule has 5 aromatic rings. The van der Waals surface area contributed by atoms with Crippen LogP contribution in [0.5, 0.6) is 0 Å². The van der Waals surface area contributed by atoms with E-state index in [1.807, 2.05) is 55.6 Å². The molecule has 0 radical (unpaired) electrons. The van der Waals surface area contributed by atoms with Crippen molar-refractivity contribution in [1.82, 2.24) is 15.3 Å². The summed E-state index contributed by atoms with van der Waals surface area (Å²) in [6, 6.07) is 28.7. The molecule has 3 aromatic carbocycles. The number of pyridine rings is 1. The lowest BCUT2D eigenvalue weighted by molar-refractivity contribution is 0.942. The predicted molar refractivity (Wildman–Crippen MR) is 175 cm³/mol. The average Bonchev–Trinajstić information content (AvgIpc) is 3.45. The van der Waals surface area contributed by atoms with E-state index in [9.17, 15) is 0 Å². The lowest BCUT2D eigenvalue weighted by Crippen LogP contribution is -2.12. The minimum Gasteiger partial charge on any atom is -0.398 e. The van der Waals surface area contributed by atoms with Crippen molar-refractivity contribution >= 4 is 27.7 Å². The zero-order chi connectivity index (χ0) is 28.8. The van der Waals surface area contributed by atoms with Crippen LogP contribution in [0.2, 0.25) is 0 Å². The van der Waals surface area contributed by atoms with Gasteiger partial charge in [-0.25, -0.2) is 0 Å². The normalized spacial score (nSPS) is 11.8. The maximum atomic E-state index is 6.49. The molecule has 0 aliphatic heterocycles. The Balaban J connectivity index is 1.42. The third-order valence-corrected chi connectivity index (χ3v) is 7.10. The Morgan fingerprint density at radius 3 is 2.54 bits per heavy atom. The number of nitrogens with zero attached hydrogens (tertiary/aromatic N) is 1. The van der Waals surface area contributed by atoms with E-state index in [1.165, 1.54) is 5.56 Å². The molecule has 0 aliphatic rings. The van der Waals surface area contributed by atoms with Crippen LogP contribution >= 0.6 is 0 Å². The average molecular weight is 535 g/mol. The van der Waals surface area contributed by atoms with Gasteiger partial charge in [0.05, 0.1) is 0 Å². The number of nitrogen functional groups attached to an aromatic ring is 1. The van der Waals surface area contributed by atoms with Gasteiger partial charge in [0.1, 0.15) is 0 Å². The van der Waals surface area contributed by atoms with E-state index >= 15 is 0 Å². The third-order valence-electron chi connectivity index (χ3n) is 7.10. The molecular weight excluding hydrogens is 500 g/mol. The van der Waals surface area contributed by atoms with Gasteiger partial charge < -0.3 is 16.0 Å². The summed E-state index contributed by atoms with van der Waals surface area (Å²) in [5.74, 6) is 0. The molecule has 0 saturated carbocycles. The molecule has 5 rings (SSSR count). The molecule has 41 heavy (non-hydrogen) atoms. The van der Waals surface area contributed by atoms with Crippen molar-refractivity contribution in [3.05, 3.63) is 169 Å². The molecule has 0 bridgehead atoms. The van der Waals surface area contributed by atoms with E-state index in [-0.39, 0.29) is 0 Å². The summed E-state index contributed by atoms with van der Waals surface area (Å²) >= 11 is 0. The first-order valence-corrected chi connectivity index (χ1v) is 13.6. The van der Waals surface area contributed by atoms with Crippen molar-refractivity contribution in [3.8, 4) is 11.1 Å². The number of aromatic nitrogens is 2. The highest BCUT2D eigenvalue weighted by Gasteiger charge is 2.14. The molecular formula is C37H34N4. The fraction of sp³-hybridized carbons (Fsp3) is 0.0541. The topological polar surface area (TPSA) is 66.7 Å². The highest BCUT2D eigenvalue weighted by molar-refractivity contribution is 5.99. The Labute approximate surface area is 242 Å². The largest absolute Gasteiger partial charge is 0.398 e. The van der Waals surface area contributed by atoms with E-state index in [0.717, 1.165) is 67.8 Å². The van der Waals surface area contributed by atoms with Crippen molar-refractivity contribution in [3.63, 3.8) is 0 Å². The molecule has 4 N–H and O–H groups in total. The summed E-state index contributed by atoms with van der Waals surface area (Å²) in [6.07, 6.45) is 10.4. The van der Waals surface area contributed by atoms with Gasteiger partial charge in [0.2, 0.25) is 0 Å². The van der Waals surface area contributed by atoms with Crippen LogP contribution < -0.4 is 11.1 Å². The van der Waals surface area contributed by atoms with Gasteiger partial charge in [-0.3, -0.25) is 4.98 Å². The molecule has 2 heterocycles. The molecule has 0 spiro atoms. The second-order valence-electron chi connectivity index (χ2n) is 9.91. The molecule has 0 amide bonds. The number of rotatable bonds is 10. The van der Waals surface area contributed by atoms with Crippen LogP contribution in [0.25, 0.3) is 33.2 Å². The number of fused-ring (bicyclic) bond motifs is 1. The summed E-state index contributed by atoms with van der Waals surface area (Å²) in [5, 5.41) is 4.53. The first-order chi connectivity index (χ1) is 20.0. The van der Waals surface area contributed by atoms with Crippen LogP contribution in [0.4, 0.5) is 5.69 Å². The fourth-order valence-electron chi connectivity index (χ4n) is 4.97. The number of nitrogens with one attached hydrogen (secondary N) is 2. The van der Waals surface area contributed by atoms with Gasteiger partial charge in [0, 0.05) is 69.2 Å². The summed E-state index contributed by atoms with van der Waals surface area (Å²) in [6.45, 7) is 14.7. The molecule has 202 valence electrons. The SMILES string of the molecule is C=C/C(=C\C(=C/C)c1ccc(N)c(C(=C)c2cc3c(-c4cccnc4)cccc3[nH]2)c1)NC(=C)Cc1ccccc1. The quantitative estimate of drug-likeness (QED) is 0.124. The van der Waals surface area contributed by atoms with Crippen LogP contribution in [0.1, 0.15) is 29.3 Å². The monoisotopic (exact) mass is 534 g/mol.